The van der Waals surface area contributed by atoms with Crippen molar-refractivity contribution in [3.05, 3.63) is 74.5 Å². The molecule has 8 nitrogen and oxygen atoms in total. The molecule has 158 valence electrons. The predicted octanol–water partition coefficient (Wildman–Crippen LogP) is 3.51. The average Bonchev–Trinajstić information content (AvgIpc) is 3.35. The number of aryl methyl sites for hydroxylation is 2. The smallest absolute Gasteiger partial charge is 0.437 e. The number of para-hydroxylation sites is 1. The second kappa shape index (κ2) is 8.19. The first-order valence-electron chi connectivity index (χ1n) is 9.58. The zero-order chi connectivity index (χ0) is 22.1. The lowest BCUT2D eigenvalue weighted by molar-refractivity contribution is -0.660. The molecule has 9 heteroatoms. The molecule has 4 rings (SSSR count). The van der Waals surface area contributed by atoms with Gasteiger partial charge in [0, 0.05) is 29.6 Å². The number of hydrogen-bond acceptors (Lipinski definition) is 7. The van der Waals surface area contributed by atoms with E-state index >= 15 is 0 Å². The fourth-order valence-electron chi connectivity index (χ4n) is 3.19. The van der Waals surface area contributed by atoms with Crippen molar-refractivity contribution in [2.24, 2.45) is 0 Å². The van der Waals surface area contributed by atoms with E-state index in [1.807, 2.05) is 32.0 Å². The van der Waals surface area contributed by atoms with Crippen molar-refractivity contribution in [2.75, 3.05) is 5.32 Å². The Morgan fingerprint density at radius 3 is 2.81 bits per heavy atom. The van der Waals surface area contributed by atoms with Crippen molar-refractivity contribution < 1.29 is 19.1 Å². The second-order valence-corrected chi connectivity index (χ2v) is 8.05. The summed E-state index contributed by atoms with van der Waals surface area (Å²) in [5, 5.41) is 18.4. The molecule has 0 unspecified atom stereocenters. The maximum Gasteiger partial charge on any atom is 0.437 e. The molecule has 0 amide bonds. The minimum Gasteiger partial charge on any atom is -0.507 e. The number of carbonyl (C=O) groups excluding carboxylic acids is 1. The molecule has 0 atom stereocenters. The number of thiazole rings is 1. The van der Waals surface area contributed by atoms with Gasteiger partial charge in [-0.1, -0.05) is 18.2 Å². The largest absolute Gasteiger partial charge is 0.507 e. The van der Waals surface area contributed by atoms with Crippen molar-refractivity contribution >= 4 is 22.3 Å². The third-order valence-electron chi connectivity index (χ3n) is 5.07. The van der Waals surface area contributed by atoms with Crippen LogP contribution in [0.1, 0.15) is 34.0 Å². The Morgan fingerprint density at radius 2 is 2.06 bits per heavy atom. The topological polar surface area (TPSA) is 112 Å². The number of ketones is 1. The molecule has 0 aliphatic carbocycles. The van der Waals surface area contributed by atoms with Crippen LogP contribution in [0.25, 0.3) is 17.1 Å². The fraction of sp³-hybridized carbons (Fsp3) is 0.182. The van der Waals surface area contributed by atoms with Crippen LogP contribution in [-0.4, -0.2) is 21.1 Å². The molecule has 3 N–H and O–H groups in total. The molecule has 2 aromatic carbocycles. The van der Waals surface area contributed by atoms with Crippen LogP contribution in [0.3, 0.4) is 0 Å². The summed E-state index contributed by atoms with van der Waals surface area (Å²) < 4.78 is 6.59. The van der Waals surface area contributed by atoms with Gasteiger partial charge in [-0.2, -0.15) is 0 Å². The van der Waals surface area contributed by atoms with Gasteiger partial charge in [-0.3, -0.25) is 9.32 Å². The number of rotatable bonds is 6. The Morgan fingerprint density at radius 1 is 1.26 bits per heavy atom. The minimum atomic E-state index is -0.526. The predicted molar refractivity (Wildman–Crippen MR) is 117 cm³/mol. The van der Waals surface area contributed by atoms with Crippen LogP contribution >= 0.6 is 11.3 Å². The molecular weight excluding hydrogens is 416 g/mol. The molecule has 0 saturated heterocycles. The molecule has 0 bridgehead atoms. The number of anilines is 1. The Hall–Kier alpha value is -3.72. The van der Waals surface area contributed by atoms with Crippen molar-refractivity contribution in [3.63, 3.8) is 0 Å². The zero-order valence-electron chi connectivity index (χ0n) is 17.2. The molecule has 0 aliphatic heterocycles. The van der Waals surface area contributed by atoms with E-state index in [1.54, 1.807) is 28.3 Å². The van der Waals surface area contributed by atoms with E-state index in [0.29, 0.717) is 16.4 Å². The molecule has 31 heavy (non-hydrogen) atoms. The Bertz CT molecular complexity index is 1340. The lowest BCUT2D eigenvalue weighted by atomic mass is 10.1. The number of hydrogen-bond donors (Lipinski definition) is 3. The van der Waals surface area contributed by atoms with Gasteiger partial charge < -0.3 is 10.4 Å². The van der Waals surface area contributed by atoms with Crippen molar-refractivity contribution in [1.82, 2.24) is 10.3 Å². The molecular formula is C22H21N4O4S+. The van der Waals surface area contributed by atoms with E-state index in [9.17, 15) is 14.7 Å². The molecule has 2 heterocycles. The quantitative estimate of drug-likeness (QED) is 0.314. The highest BCUT2D eigenvalue weighted by Crippen LogP contribution is 2.26. The Labute approximate surface area is 181 Å². The number of carbonyl (C=O) groups is 1. The van der Waals surface area contributed by atoms with E-state index in [2.05, 4.69) is 15.6 Å². The van der Waals surface area contributed by atoms with Crippen LogP contribution < -0.4 is 15.6 Å². The number of phenols is 1. The van der Waals surface area contributed by atoms with E-state index < -0.39 is 5.63 Å². The molecule has 0 radical (unpaired) electrons. The first-order chi connectivity index (χ1) is 14.8. The van der Waals surface area contributed by atoms with Gasteiger partial charge in [-0.05, 0) is 47.9 Å². The van der Waals surface area contributed by atoms with Gasteiger partial charge in [0.15, 0.2) is 16.6 Å². The van der Waals surface area contributed by atoms with Gasteiger partial charge in [-0.15, -0.1) is 11.3 Å². The monoisotopic (exact) mass is 437 g/mol. The number of nitrogens with zero attached hydrogens (tertiary/aromatic N) is 2. The van der Waals surface area contributed by atoms with Crippen molar-refractivity contribution in [1.29, 1.82) is 0 Å². The number of aromatic amines is 1. The molecule has 4 aromatic rings. The SMILES string of the molecule is CC(=O)c1cccc(CNc2nc(-c3c(=O)o[nH][n+]3-c3ccc(C)c(C)c3)cs2)c1O. The lowest BCUT2D eigenvalue weighted by Crippen LogP contribution is -2.36. The van der Waals surface area contributed by atoms with Gasteiger partial charge in [0.2, 0.25) is 5.69 Å². The maximum atomic E-state index is 12.4. The molecule has 0 aliphatic rings. The average molecular weight is 438 g/mol. The number of aromatic nitrogens is 3. The summed E-state index contributed by atoms with van der Waals surface area (Å²) in [4.78, 5) is 28.5. The molecule has 0 spiro atoms. The van der Waals surface area contributed by atoms with E-state index in [4.69, 9.17) is 4.52 Å². The first kappa shape index (κ1) is 20.5. The van der Waals surface area contributed by atoms with Crippen LogP contribution in [0.15, 0.2) is 51.1 Å². The summed E-state index contributed by atoms with van der Waals surface area (Å²) in [5.41, 5.74) is 4.07. The standard InChI is InChI=1S/C22H20N4O4S/c1-12-7-8-16(9-13(12)2)26-19(21(29)30-25-26)18-11-31-22(24-18)23-10-15-5-4-6-17(14(3)27)20(15)28/h4-9,11H,10H2,1-3H3,(H2-,23,24,25,27,28,29)/p+1. The van der Waals surface area contributed by atoms with E-state index in [1.165, 1.54) is 18.3 Å². The summed E-state index contributed by atoms with van der Waals surface area (Å²) in [7, 11) is 0. The van der Waals surface area contributed by atoms with Crippen molar-refractivity contribution in [2.45, 2.75) is 27.3 Å². The number of phenolic OH excluding ortho intramolecular Hbond substituents is 1. The Kier molecular flexibility index (Phi) is 5.43. The van der Waals surface area contributed by atoms with Gasteiger partial charge in [0.05, 0.1) is 5.56 Å². The van der Waals surface area contributed by atoms with Gasteiger partial charge in [-0.25, -0.2) is 9.78 Å². The molecule has 0 fully saturated rings. The number of H-pyrrole nitrogens is 1. The van der Waals surface area contributed by atoms with Crippen LogP contribution in [0.5, 0.6) is 5.75 Å². The normalized spacial score (nSPS) is 10.9. The van der Waals surface area contributed by atoms with Gasteiger partial charge in [0.1, 0.15) is 5.75 Å². The van der Waals surface area contributed by atoms with E-state index in [0.717, 1.165) is 16.8 Å². The van der Waals surface area contributed by atoms with Gasteiger partial charge in [0.25, 0.3) is 0 Å². The highest BCUT2D eigenvalue weighted by molar-refractivity contribution is 7.14. The number of benzene rings is 2. The second-order valence-electron chi connectivity index (χ2n) is 7.19. The third kappa shape index (κ3) is 3.99. The van der Waals surface area contributed by atoms with Crippen LogP contribution in [-0.2, 0) is 6.54 Å². The summed E-state index contributed by atoms with van der Waals surface area (Å²) in [6.45, 7) is 5.70. The van der Waals surface area contributed by atoms with Gasteiger partial charge >= 0.3 is 11.3 Å². The highest BCUT2D eigenvalue weighted by Gasteiger charge is 2.28. The third-order valence-corrected chi connectivity index (χ3v) is 5.87. The van der Waals surface area contributed by atoms with Crippen LogP contribution in [0.4, 0.5) is 5.13 Å². The summed E-state index contributed by atoms with van der Waals surface area (Å²) in [6.07, 6.45) is 0. The van der Waals surface area contributed by atoms with E-state index in [-0.39, 0.29) is 29.3 Å². The maximum absolute atomic E-state index is 12.4. The summed E-state index contributed by atoms with van der Waals surface area (Å²) >= 11 is 1.32. The first-order valence-corrected chi connectivity index (χ1v) is 10.5. The van der Waals surface area contributed by atoms with Crippen molar-refractivity contribution in [3.8, 4) is 22.8 Å². The lowest BCUT2D eigenvalue weighted by Gasteiger charge is -2.08. The minimum absolute atomic E-state index is 0.0434. The highest BCUT2D eigenvalue weighted by atomic mass is 32.1. The summed E-state index contributed by atoms with van der Waals surface area (Å²) in [5.74, 6) is -0.246. The van der Waals surface area contributed by atoms with Crippen LogP contribution in [0, 0.1) is 13.8 Å². The fourth-order valence-corrected chi connectivity index (χ4v) is 3.88. The number of nitrogens with one attached hydrogen (secondary N) is 2. The summed E-state index contributed by atoms with van der Waals surface area (Å²) in [6, 6.07) is 10.9. The molecule has 2 aromatic heterocycles. The van der Waals surface area contributed by atoms with Crippen LogP contribution in [0.2, 0.25) is 0 Å². The Balaban J connectivity index is 1.60. The zero-order valence-corrected chi connectivity index (χ0v) is 18.0. The number of aromatic hydroxyl groups is 1. The molecule has 0 saturated carbocycles. The number of Topliss-reactive ketones (excluding diaryl/α,β-unsaturated/α-hetero) is 1.